The Labute approximate surface area is 126 Å². The fraction of sp³-hybridized carbons (Fsp3) is 0.529. The number of nitrogens with one attached hydrogen (secondary N) is 1. The van der Waals surface area contributed by atoms with E-state index < -0.39 is 6.10 Å². The molecule has 1 rings (SSSR count). The third-order valence-electron chi connectivity index (χ3n) is 3.39. The highest BCUT2D eigenvalue weighted by molar-refractivity contribution is 5.81. The van der Waals surface area contributed by atoms with Gasteiger partial charge in [0.2, 0.25) is 0 Å². The van der Waals surface area contributed by atoms with Crippen molar-refractivity contribution in [3.05, 3.63) is 28.8 Å². The standard InChI is InChI=1S/C17H25NO3/c1-6-7-13(4)18-17(20)14(5)21-16-11(2)8-15(10-19)9-12(16)3/h8-10,13-14H,6-7H2,1-5H3,(H,18,20). The summed E-state index contributed by atoms with van der Waals surface area (Å²) in [6.45, 7) is 9.56. The zero-order valence-corrected chi connectivity index (χ0v) is 13.5. The maximum Gasteiger partial charge on any atom is 0.260 e. The van der Waals surface area contributed by atoms with Gasteiger partial charge < -0.3 is 10.1 Å². The van der Waals surface area contributed by atoms with Crippen LogP contribution in [0, 0.1) is 13.8 Å². The van der Waals surface area contributed by atoms with Crippen molar-refractivity contribution in [2.45, 2.75) is 59.6 Å². The van der Waals surface area contributed by atoms with Crippen LogP contribution in [0.25, 0.3) is 0 Å². The minimum absolute atomic E-state index is 0.116. The Kier molecular flexibility index (Phi) is 6.40. The second-order valence-electron chi connectivity index (χ2n) is 5.56. The number of hydrogen-bond acceptors (Lipinski definition) is 3. The second kappa shape index (κ2) is 7.81. The summed E-state index contributed by atoms with van der Waals surface area (Å²) in [5.74, 6) is 0.556. The van der Waals surface area contributed by atoms with Gasteiger partial charge in [-0.1, -0.05) is 13.3 Å². The van der Waals surface area contributed by atoms with E-state index in [0.29, 0.717) is 11.3 Å². The average molecular weight is 291 g/mol. The maximum absolute atomic E-state index is 12.1. The zero-order chi connectivity index (χ0) is 16.0. The van der Waals surface area contributed by atoms with Crippen molar-refractivity contribution < 1.29 is 14.3 Å². The quantitative estimate of drug-likeness (QED) is 0.785. The van der Waals surface area contributed by atoms with Crippen molar-refractivity contribution in [3.8, 4) is 5.75 Å². The van der Waals surface area contributed by atoms with Crippen molar-refractivity contribution in [2.24, 2.45) is 0 Å². The lowest BCUT2D eigenvalue weighted by atomic mass is 10.1. The third kappa shape index (κ3) is 4.88. The molecule has 0 spiro atoms. The second-order valence-corrected chi connectivity index (χ2v) is 5.56. The van der Waals surface area contributed by atoms with Gasteiger partial charge in [0.25, 0.3) is 5.91 Å². The average Bonchev–Trinajstić information content (AvgIpc) is 2.42. The molecule has 2 unspecified atom stereocenters. The highest BCUT2D eigenvalue weighted by Gasteiger charge is 2.18. The van der Waals surface area contributed by atoms with Crippen LogP contribution in [0.1, 0.15) is 55.1 Å². The van der Waals surface area contributed by atoms with Gasteiger partial charge in [0, 0.05) is 11.6 Å². The molecule has 0 aliphatic carbocycles. The number of carbonyl (C=O) groups excluding carboxylic acids is 2. The van der Waals surface area contributed by atoms with E-state index in [4.69, 9.17) is 4.74 Å². The number of rotatable bonds is 7. The summed E-state index contributed by atoms with van der Waals surface area (Å²) < 4.78 is 5.79. The number of aryl methyl sites for hydroxylation is 2. The minimum Gasteiger partial charge on any atom is -0.480 e. The van der Waals surface area contributed by atoms with Gasteiger partial charge in [0.05, 0.1) is 0 Å². The SMILES string of the molecule is CCCC(C)NC(=O)C(C)Oc1c(C)cc(C=O)cc1C. The third-order valence-corrected chi connectivity index (χ3v) is 3.39. The number of amides is 1. The van der Waals surface area contributed by atoms with Crippen LogP contribution in [0.2, 0.25) is 0 Å². The Bertz CT molecular complexity index is 488. The summed E-state index contributed by atoms with van der Waals surface area (Å²) in [5.41, 5.74) is 2.34. The molecule has 4 nitrogen and oxygen atoms in total. The molecule has 0 saturated heterocycles. The normalized spacial score (nSPS) is 13.4. The highest BCUT2D eigenvalue weighted by atomic mass is 16.5. The fourth-order valence-electron chi connectivity index (χ4n) is 2.33. The molecule has 1 aromatic carbocycles. The van der Waals surface area contributed by atoms with E-state index in [1.54, 1.807) is 19.1 Å². The molecule has 0 radical (unpaired) electrons. The van der Waals surface area contributed by atoms with Gasteiger partial charge in [0.1, 0.15) is 12.0 Å². The Morgan fingerprint density at radius 3 is 2.33 bits per heavy atom. The summed E-state index contributed by atoms with van der Waals surface area (Å²) in [7, 11) is 0. The van der Waals surface area contributed by atoms with Gasteiger partial charge in [-0.15, -0.1) is 0 Å². The highest BCUT2D eigenvalue weighted by Crippen LogP contribution is 2.25. The molecule has 0 aromatic heterocycles. The number of ether oxygens (including phenoxy) is 1. The molecule has 4 heteroatoms. The lowest BCUT2D eigenvalue weighted by Gasteiger charge is -2.20. The van der Waals surface area contributed by atoms with E-state index in [1.165, 1.54) is 0 Å². The first-order valence-electron chi connectivity index (χ1n) is 7.42. The number of hydrogen-bond donors (Lipinski definition) is 1. The van der Waals surface area contributed by atoms with E-state index >= 15 is 0 Å². The summed E-state index contributed by atoms with van der Waals surface area (Å²) in [4.78, 5) is 22.9. The van der Waals surface area contributed by atoms with Gasteiger partial charge in [0.15, 0.2) is 6.10 Å². The predicted octanol–water partition coefficient (Wildman–Crippen LogP) is 3.19. The van der Waals surface area contributed by atoms with Crippen LogP contribution in [-0.2, 0) is 4.79 Å². The zero-order valence-electron chi connectivity index (χ0n) is 13.5. The van der Waals surface area contributed by atoms with Gasteiger partial charge in [-0.25, -0.2) is 0 Å². The van der Waals surface area contributed by atoms with E-state index in [9.17, 15) is 9.59 Å². The molecular weight excluding hydrogens is 266 g/mol. The van der Waals surface area contributed by atoms with Crippen LogP contribution in [0.4, 0.5) is 0 Å². The molecule has 116 valence electrons. The van der Waals surface area contributed by atoms with E-state index in [2.05, 4.69) is 12.2 Å². The van der Waals surface area contributed by atoms with Crippen LogP contribution < -0.4 is 10.1 Å². The summed E-state index contributed by atoms with van der Waals surface area (Å²) in [6, 6.07) is 3.67. The molecule has 1 amide bonds. The summed E-state index contributed by atoms with van der Waals surface area (Å²) in [6.07, 6.45) is 2.22. The predicted molar refractivity (Wildman–Crippen MR) is 83.9 cm³/mol. The molecule has 1 aromatic rings. The fourth-order valence-corrected chi connectivity index (χ4v) is 2.33. The van der Waals surface area contributed by atoms with Crippen molar-refractivity contribution in [2.75, 3.05) is 0 Å². The topological polar surface area (TPSA) is 55.4 Å². The molecule has 0 bridgehead atoms. The first kappa shape index (κ1) is 17.2. The summed E-state index contributed by atoms with van der Waals surface area (Å²) >= 11 is 0. The molecule has 0 saturated carbocycles. The largest absolute Gasteiger partial charge is 0.480 e. The van der Waals surface area contributed by atoms with Crippen LogP contribution in [0.15, 0.2) is 12.1 Å². The van der Waals surface area contributed by atoms with E-state index in [-0.39, 0.29) is 11.9 Å². The van der Waals surface area contributed by atoms with Crippen molar-refractivity contribution in [1.82, 2.24) is 5.32 Å². The molecule has 0 aliphatic rings. The Morgan fingerprint density at radius 1 is 1.29 bits per heavy atom. The van der Waals surface area contributed by atoms with Crippen molar-refractivity contribution in [3.63, 3.8) is 0 Å². The van der Waals surface area contributed by atoms with E-state index in [1.807, 2.05) is 20.8 Å². The molecule has 1 N–H and O–H groups in total. The smallest absolute Gasteiger partial charge is 0.260 e. The van der Waals surface area contributed by atoms with Crippen LogP contribution in [0.3, 0.4) is 0 Å². The van der Waals surface area contributed by atoms with Crippen LogP contribution in [-0.4, -0.2) is 24.3 Å². The van der Waals surface area contributed by atoms with Crippen LogP contribution >= 0.6 is 0 Å². The monoisotopic (exact) mass is 291 g/mol. The van der Waals surface area contributed by atoms with Crippen molar-refractivity contribution >= 4 is 12.2 Å². The Morgan fingerprint density at radius 2 is 1.86 bits per heavy atom. The van der Waals surface area contributed by atoms with Crippen molar-refractivity contribution in [1.29, 1.82) is 0 Å². The van der Waals surface area contributed by atoms with Crippen LogP contribution in [0.5, 0.6) is 5.75 Å². The lowest BCUT2D eigenvalue weighted by molar-refractivity contribution is -0.127. The van der Waals surface area contributed by atoms with E-state index in [0.717, 1.165) is 30.3 Å². The molecule has 0 heterocycles. The lowest BCUT2D eigenvalue weighted by Crippen LogP contribution is -2.41. The maximum atomic E-state index is 12.1. The Hall–Kier alpha value is -1.84. The van der Waals surface area contributed by atoms with Gasteiger partial charge >= 0.3 is 0 Å². The minimum atomic E-state index is -0.566. The summed E-state index contributed by atoms with van der Waals surface area (Å²) in [5, 5.41) is 2.94. The van der Waals surface area contributed by atoms with Gasteiger partial charge in [-0.05, 0) is 57.4 Å². The molecule has 0 fully saturated rings. The first-order valence-corrected chi connectivity index (χ1v) is 7.42. The molecule has 21 heavy (non-hydrogen) atoms. The molecule has 2 atom stereocenters. The molecule has 0 aliphatic heterocycles. The number of carbonyl (C=O) groups is 2. The molecular formula is C17H25NO3. The van der Waals surface area contributed by atoms with Gasteiger partial charge in [-0.3, -0.25) is 9.59 Å². The number of aldehydes is 1. The first-order chi connectivity index (χ1) is 9.88. The van der Waals surface area contributed by atoms with Gasteiger partial charge in [-0.2, -0.15) is 0 Å². The number of benzene rings is 1. The Balaban J connectivity index is 2.76.